The number of carbonyl (C=O) groups excluding carboxylic acids is 2. The molecule has 0 unspecified atom stereocenters. The summed E-state index contributed by atoms with van der Waals surface area (Å²) >= 11 is 1.62. The van der Waals surface area contributed by atoms with Crippen molar-refractivity contribution >= 4 is 35.0 Å². The summed E-state index contributed by atoms with van der Waals surface area (Å²) in [6, 6.07) is 15.7. The van der Waals surface area contributed by atoms with Crippen molar-refractivity contribution in [3.05, 3.63) is 85.0 Å². The molecular weight excluding hydrogens is 508 g/mol. The summed E-state index contributed by atoms with van der Waals surface area (Å²) < 4.78 is 7.70. The molecule has 0 saturated carbocycles. The van der Waals surface area contributed by atoms with Gasteiger partial charge in [0.25, 0.3) is 0 Å². The Morgan fingerprint density at radius 3 is 1.44 bits per heavy atom. The maximum absolute atomic E-state index is 12.9. The number of aryl methyl sites for hydroxylation is 4. The average Bonchev–Trinajstić information content (AvgIpc) is 3.49. The van der Waals surface area contributed by atoms with E-state index in [0.717, 1.165) is 59.9 Å². The zero-order valence-electron chi connectivity index (χ0n) is 23.2. The van der Waals surface area contributed by atoms with Crippen molar-refractivity contribution in [1.82, 2.24) is 9.13 Å². The molecule has 204 valence electrons. The van der Waals surface area contributed by atoms with Crippen LogP contribution in [0.2, 0.25) is 0 Å². The lowest BCUT2D eigenvalue weighted by molar-refractivity contribution is -0.673. The lowest BCUT2D eigenvalue weighted by Gasteiger charge is -2.08. The first kappa shape index (κ1) is 28.2. The molecule has 9 heteroatoms. The van der Waals surface area contributed by atoms with Crippen molar-refractivity contribution in [2.45, 2.75) is 62.4 Å². The molecule has 0 aliphatic heterocycles. The van der Waals surface area contributed by atoms with Crippen LogP contribution in [0.1, 0.15) is 60.8 Å². The summed E-state index contributed by atoms with van der Waals surface area (Å²) in [6.45, 7) is 5.93. The highest BCUT2D eigenvalue weighted by Gasteiger charge is 2.24. The lowest BCUT2D eigenvalue weighted by atomic mass is 10.3. The van der Waals surface area contributed by atoms with E-state index in [4.69, 9.17) is 0 Å². The number of hydrogen-bond donors (Lipinski definition) is 2. The van der Waals surface area contributed by atoms with Gasteiger partial charge >= 0.3 is 23.5 Å². The number of benzene rings is 2. The van der Waals surface area contributed by atoms with Crippen molar-refractivity contribution < 1.29 is 18.7 Å². The van der Waals surface area contributed by atoms with Gasteiger partial charge in [0.15, 0.2) is 0 Å². The Morgan fingerprint density at radius 2 is 1.08 bits per heavy atom. The van der Waals surface area contributed by atoms with Crippen LogP contribution in [-0.4, -0.2) is 20.9 Å². The van der Waals surface area contributed by atoms with E-state index in [1.807, 2.05) is 106 Å². The van der Waals surface area contributed by atoms with Gasteiger partial charge in [-0.15, -0.1) is 0 Å². The summed E-state index contributed by atoms with van der Waals surface area (Å²) in [6.07, 6.45) is 11.9. The van der Waals surface area contributed by atoms with Crippen molar-refractivity contribution in [3.63, 3.8) is 0 Å². The molecule has 0 fully saturated rings. The molecule has 0 bridgehead atoms. The maximum atomic E-state index is 12.9. The molecular formula is C30H38N6O2S+2. The Labute approximate surface area is 234 Å². The monoisotopic (exact) mass is 546 g/mol. The van der Waals surface area contributed by atoms with E-state index >= 15 is 0 Å². The van der Waals surface area contributed by atoms with Gasteiger partial charge in [0.05, 0.1) is 27.2 Å². The highest BCUT2D eigenvalue weighted by atomic mass is 32.2. The second-order valence-electron chi connectivity index (χ2n) is 9.62. The Morgan fingerprint density at radius 1 is 0.692 bits per heavy atom. The third-order valence-electron chi connectivity index (χ3n) is 6.52. The number of anilines is 2. The minimum absolute atomic E-state index is 0.122. The summed E-state index contributed by atoms with van der Waals surface area (Å²) in [5, 5.41) is 6.03. The number of nitrogens with one attached hydrogen (secondary N) is 2. The zero-order valence-corrected chi connectivity index (χ0v) is 24.0. The molecule has 8 nitrogen and oxygen atoms in total. The average molecular weight is 547 g/mol. The van der Waals surface area contributed by atoms with Gasteiger partial charge in [-0.25, -0.2) is 18.3 Å². The minimum Gasteiger partial charge on any atom is -0.315 e. The SMILES string of the molecule is CCCCn1cc[n+](C)c1C(=O)Nc1ccc(Sc2ccc(NC(=O)c3n(CCCC)cc[n+]3C)cc2)cc1. The summed E-state index contributed by atoms with van der Waals surface area (Å²) in [5.41, 5.74) is 1.50. The normalized spacial score (nSPS) is 11.0. The van der Waals surface area contributed by atoms with Crippen molar-refractivity contribution in [2.75, 3.05) is 10.6 Å². The topological polar surface area (TPSA) is 75.8 Å². The summed E-state index contributed by atoms with van der Waals surface area (Å²) in [5.74, 6) is 1.03. The molecule has 0 aliphatic rings. The number of carbonyl (C=O) groups is 2. The van der Waals surface area contributed by atoms with Crippen LogP contribution in [-0.2, 0) is 27.2 Å². The molecule has 4 aromatic rings. The van der Waals surface area contributed by atoms with Crippen LogP contribution >= 0.6 is 11.8 Å². The summed E-state index contributed by atoms with van der Waals surface area (Å²) in [4.78, 5) is 28.0. The Kier molecular flexibility index (Phi) is 9.59. The zero-order chi connectivity index (χ0) is 27.8. The van der Waals surface area contributed by atoms with E-state index in [9.17, 15) is 9.59 Å². The lowest BCUT2D eigenvalue weighted by Crippen LogP contribution is -2.37. The fourth-order valence-corrected chi connectivity index (χ4v) is 5.19. The van der Waals surface area contributed by atoms with Gasteiger partial charge in [0.2, 0.25) is 0 Å². The van der Waals surface area contributed by atoms with Gasteiger partial charge in [-0.2, -0.15) is 0 Å². The molecule has 2 N–H and O–H groups in total. The highest BCUT2D eigenvalue weighted by molar-refractivity contribution is 7.99. The fraction of sp³-hybridized carbons (Fsp3) is 0.333. The number of aromatic nitrogens is 4. The van der Waals surface area contributed by atoms with Gasteiger partial charge in [0, 0.05) is 21.2 Å². The third kappa shape index (κ3) is 7.17. The molecule has 4 rings (SSSR count). The van der Waals surface area contributed by atoms with Gasteiger partial charge in [-0.3, -0.25) is 9.59 Å². The molecule has 2 heterocycles. The molecule has 0 saturated heterocycles. The van der Waals surface area contributed by atoms with Gasteiger partial charge in [0.1, 0.15) is 24.8 Å². The predicted molar refractivity (Wildman–Crippen MR) is 154 cm³/mol. The van der Waals surface area contributed by atoms with Crippen molar-refractivity contribution in [2.24, 2.45) is 14.1 Å². The fourth-order valence-electron chi connectivity index (χ4n) is 4.37. The van der Waals surface area contributed by atoms with Crippen LogP contribution in [0.15, 0.2) is 83.1 Å². The van der Waals surface area contributed by atoms with Crippen molar-refractivity contribution in [3.8, 4) is 0 Å². The van der Waals surface area contributed by atoms with E-state index in [1.165, 1.54) is 0 Å². The number of nitrogens with zero attached hydrogens (tertiary/aromatic N) is 4. The predicted octanol–water partition coefficient (Wildman–Crippen LogP) is 5.19. The van der Waals surface area contributed by atoms with Gasteiger partial charge in [-0.05, 0) is 61.4 Å². The number of rotatable bonds is 12. The Balaban J connectivity index is 1.34. The molecule has 0 radical (unpaired) electrons. The van der Waals surface area contributed by atoms with E-state index in [-0.39, 0.29) is 11.8 Å². The number of amides is 2. The van der Waals surface area contributed by atoms with Crippen molar-refractivity contribution in [1.29, 1.82) is 0 Å². The molecule has 2 amide bonds. The minimum atomic E-state index is -0.122. The van der Waals surface area contributed by atoms with Crippen LogP contribution in [0.3, 0.4) is 0 Å². The first-order chi connectivity index (χ1) is 18.9. The van der Waals surface area contributed by atoms with Crippen LogP contribution < -0.4 is 19.8 Å². The molecule has 39 heavy (non-hydrogen) atoms. The quantitative estimate of drug-likeness (QED) is 0.240. The largest absolute Gasteiger partial charge is 0.348 e. The molecule has 0 spiro atoms. The second kappa shape index (κ2) is 13.3. The number of imidazole rings is 2. The van der Waals surface area contributed by atoms with E-state index < -0.39 is 0 Å². The molecule has 0 aliphatic carbocycles. The van der Waals surface area contributed by atoms with Gasteiger partial charge < -0.3 is 10.6 Å². The van der Waals surface area contributed by atoms with E-state index in [2.05, 4.69) is 24.5 Å². The maximum Gasteiger partial charge on any atom is 0.348 e. The molecule has 0 atom stereocenters. The van der Waals surface area contributed by atoms with Crippen LogP contribution in [0, 0.1) is 0 Å². The van der Waals surface area contributed by atoms with Crippen LogP contribution in [0.25, 0.3) is 0 Å². The Bertz CT molecular complexity index is 1300. The van der Waals surface area contributed by atoms with Crippen LogP contribution in [0.5, 0.6) is 0 Å². The van der Waals surface area contributed by atoms with Crippen LogP contribution in [0.4, 0.5) is 11.4 Å². The number of hydrogen-bond acceptors (Lipinski definition) is 3. The highest BCUT2D eigenvalue weighted by Crippen LogP contribution is 2.29. The van der Waals surface area contributed by atoms with Gasteiger partial charge in [-0.1, -0.05) is 38.5 Å². The second-order valence-corrected chi connectivity index (χ2v) is 10.8. The standard InChI is InChI=1S/C30H36N6O2S/c1-5-7-17-35-21-19-33(3)29(35)27(37)31-23-9-13-25(14-10-23)39-26-15-11-24(12-16-26)32-28(38)30-34(4)20-22-36(30)18-8-6-2/h9-16,19-22H,5-8,17-18H2,1-4H3/p+2. The Hall–Kier alpha value is -3.85. The molecule has 2 aromatic carbocycles. The van der Waals surface area contributed by atoms with E-state index in [1.54, 1.807) is 11.8 Å². The smallest absolute Gasteiger partial charge is 0.315 e. The number of unbranched alkanes of at least 4 members (excludes halogenated alkanes) is 2. The first-order valence-corrected chi connectivity index (χ1v) is 14.3. The third-order valence-corrected chi connectivity index (χ3v) is 7.54. The first-order valence-electron chi connectivity index (χ1n) is 13.5. The van der Waals surface area contributed by atoms with E-state index in [0.29, 0.717) is 11.6 Å². The summed E-state index contributed by atoms with van der Waals surface area (Å²) in [7, 11) is 3.78. The molecule has 2 aromatic heterocycles.